The van der Waals surface area contributed by atoms with E-state index in [0.717, 1.165) is 5.56 Å². The number of morpholine rings is 1. The smallest absolute Gasteiger partial charge is 0.306 e. The monoisotopic (exact) mass is 363 g/mol. The number of carbonyl (C=O) groups is 2. The third kappa shape index (κ3) is 4.60. The summed E-state index contributed by atoms with van der Waals surface area (Å²) in [5.74, 6) is -1.01. The highest BCUT2D eigenvalue weighted by atomic mass is 16.5. The van der Waals surface area contributed by atoms with Gasteiger partial charge in [0.25, 0.3) is 5.91 Å². The Labute approximate surface area is 152 Å². The van der Waals surface area contributed by atoms with Crippen molar-refractivity contribution >= 4 is 11.9 Å². The summed E-state index contributed by atoms with van der Waals surface area (Å²) in [7, 11) is 0. The van der Waals surface area contributed by atoms with Crippen LogP contribution >= 0.6 is 0 Å². The van der Waals surface area contributed by atoms with Crippen molar-refractivity contribution in [3.63, 3.8) is 0 Å². The van der Waals surface area contributed by atoms with Crippen LogP contribution in [0.5, 0.6) is 0 Å². The Hall–Kier alpha value is -1.96. The number of nitrogens with zero attached hydrogens (tertiary/aromatic N) is 1. The highest BCUT2D eigenvalue weighted by Gasteiger charge is 2.45. The van der Waals surface area contributed by atoms with Gasteiger partial charge in [0.1, 0.15) is 0 Å². The molecule has 2 aliphatic rings. The van der Waals surface area contributed by atoms with Crippen molar-refractivity contribution in [2.75, 3.05) is 32.9 Å². The van der Waals surface area contributed by atoms with Gasteiger partial charge < -0.3 is 24.2 Å². The average molecular weight is 363 g/mol. The Morgan fingerprint density at radius 1 is 1.19 bits per heavy atom. The van der Waals surface area contributed by atoms with E-state index < -0.39 is 17.7 Å². The molecule has 1 aromatic rings. The van der Waals surface area contributed by atoms with Crippen molar-refractivity contribution in [2.45, 2.75) is 37.6 Å². The lowest BCUT2D eigenvalue weighted by atomic mass is 9.91. The zero-order valence-electron chi connectivity index (χ0n) is 14.8. The summed E-state index contributed by atoms with van der Waals surface area (Å²) in [5.41, 5.74) is 0.0936. The molecule has 7 nitrogen and oxygen atoms in total. The second-order valence-electron chi connectivity index (χ2n) is 6.72. The van der Waals surface area contributed by atoms with Crippen molar-refractivity contribution < 1.29 is 28.9 Å². The van der Waals surface area contributed by atoms with E-state index in [1.54, 1.807) is 4.90 Å². The summed E-state index contributed by atoms with van der Waals surface area (Å²) in [5, 5.41) is 8.98. The molecule has 1 atom stereocenters. The van der Waals surface area contributed by atoms with Crippen LogP contribution in [0.4, 0.5) is 0 Å². The zero-order chi connectivity index (χ0) is 18.4. The molecule has 3 rings (SSSR count). The molecule has 0 aromatic heterocycles. The highest BCUT2D eigenvalue weighted by Crippen LogP contribution is 2.30. The molecule has 1 unspecified atom stereocenters. The topological polar surface area (TPSA) is 85.3 Å². The van der Waals surface area contributed by atoms with Crippen LogP contribution in [0.25, 0.3) is 0 Å². The lowest BCUT2D eigenvalue weighted by Crippen LogP contribution is -2.57. The first-order chi connectivity index (χ1) is 12.6. The Balaban J connectivity index is 1.69. The summed E-state index contributed by atoms with van der Waals surface area (Å²) >= 11 is 0. The predicted octanol–water partition coefficient (Wildman–Crippen LogP) is 1.45. The van der Waals surface area contributed by atoms with Crippen LogP contribution in [0, 0.1) is 0 Å². The number of amides is 1. The van der Waals surface area contributed by atoms with E-state index in [0.29, 0.717) is 45.8 Å². The number of aliphatic carboxylic acids is 1. The van der Waals surface area contributed by atoms with Gasteiger partial charge in [-0.25, -0.2) is 0 Å². The van der Waals surface area contributed by atoms with Gasteiger partial charge in [-0.15, -0.1) is 0 Å². The summed E-state index contributed by atoms with van der Waals surface area (Å²) in [6, 6.07) is 9.75. The van der Waals surface area contributed by atoms with Gasteiger partial charge in [-0.05, 0) is 5.56 Å². The molecule has 2 heterocycles. The molecule has 7 heteroatoms. The molecule has 1 aromatic carbocycles. The zero-order valence-corrected chi connectivity index (χ0v) is 14.8. The maximum Gasteiger partial charge on any atom is 0.306 e. The lowest BCUT2D eigenvalue weighted by molar-refractivity contribution is -0.180. The average Bonchev–Trinajstić information content (AvgIpc) is 2.67. The third-order valence-corrected chi connectivity index (χ3v) is 4.88. The standard InChI is InChI=1S/C19H25NO6/c21-17(22)12-16-13-20(8-11-25-16)18(23)19(6-9-24-10-7-19)26-14-15-4-2-1-3-5-15/h1-5,16H,6-14H2,(H,21,22). The normalized spacial score (nSPS) is 22.8. The Kier molecular flexibility index (Phi) is 6.24. The lowest BCUT2D eigenvalue weighted by Gasteiger charge is -2.42. The van der Waals surface area contributed by atoms with E-state index in [-0.39, 0.29) is 18.9 Å². The van der Waals surface area contributed by atoms with E-state index in [4.69, 9.17) is 19.3 Å². The summed E-state index contributed by atoms with van der Waals surface area (Å²) < 4.78 is 17.1. The number of carbonyl (C=O) groups excluding carboxylic acids is 1. The largest absolute Gasteiger partial charge is 0.481 e. The predicted molar refractivity (Wildman–Crippen MR) is 92.6 cm³/mol. The van der Waals surface area contributed by atoms with Gasteiger partial charge in [-0.1, -0.05) is 30.3 Å². The van der Waals surface area contributed by atoms with Gasteiger partial charge in [0.15, 0.2) is 5.60 Å². The van der Waals surface area contributed by atoms with Crippen LogP contribution in [-0.2, 0) is 30.4 Å². The van der Waals surface area contributed by atoms with Crippen molar-refractivity contribution in [3.8, 4) is 0 Å². The van der Waals surface area contributed by atoms with E-state index in [2.05, 4.69) is 0 Å². The fourth-order valence-corrected chi connectivity index (χ4v) is 3.43. The fraction of sp³-hybridized carbons (Fsp3) is 0.579. The van der Waals surface area contributed by atoms with Crippen LogP contribution in [0.15, 0.2) is 30.3 Å². The van der Waals surface area contributed by atoms with E-state index in [1.807, 2.05) is 30.3 Å². The number of hydrogen-bond donors (Lipinski definition) is 1. The molecule has 2 saturated heterocycles. The first kappa shape index (κ1) is 18.8. The summed E-state index contributed by atoms with van der Waals surface area (Å²) in [6.07, 6.45) is 0.417. The van der Waals surface area contributed by atoms with E-state index >= 15 is 0 Å². The first-order valence-corrected chi connectivity index (χ1v) is 8.97. The molecular formula is C19H25NO6. The van der Waals surface area contributed by atoms with Crippen molar-refractivity contribution in [2.24, 2.45) is 0 Å². The van der Waals surface area contributed by atoms with Crippen LogP contribution in [0.3, 0.4) is 0 Å². The van der Waals surface area contributed by atoms with Gasteiger partial charge >= 0.3 is 5.97 Å². The molecule has 0 aliphatic carbocycles. The molecule has 0 spiro atoms. The van der Waals surface area contributed by atoms with Gasteiger partial charge in [-0.3, -0.25) is 9.59 Å². The number of rotatable bonds is 6. The fourth-order valence-electron chi connectivity index (χ4n) is 3.43. The maximum absolute atomic E-state index is 13.3. The molecule has 2 aliphatic heterocycles. The minimum absolute atomic E-state index is 0.0876. The Morgan fingerprint density at radius 2 is 1.92 bits per heavy atom. The van der Waals surface area contributed by atoms with Crippen molar-refractivity contribution in [1.82, 2.24) is 4.90 Å². The van der Waals surface area contributed by atoms with E-state index in [1.165, 1.54) is 0 Å². The molecule has 2 fully saturated rings. The Bertz CT molecular complexity index is 614. The number of carboxylic acid groups (broad SMARTS) is 1. The minimum Gasteiger partial charge on any atom is -0.481 e. The summed E-state index contributed by atoms with van der Waals surface area (Å²) in [6.45, 7) is 2.38. The van der Waals surface area contributed by atoms with Crippen LogP contribution in [0.1, 0.15) is 24.8 Å². The Morgan fingerprint density at radius 3 is 2.62 bits per heavy atom. The SMILES string of the molecule is O=C(O)CC1CN(C(=O)C2(OCc3ccccc3)CCOCC2)CCO1. The number of carboxylic acids is 1. The number of ether oxygens (including phenoxy) is 3. The third-order valence-electron chi connectivity index (χ3n) is 4.88. The maximum atomic E-state index is 13.3. The first-order valence-electron chi connectivity index (χ1n) is 8.97. The van der Waals surface area contributed by atoms with Gasteiger partial charge in [-0.2, -0.15) is 0 Å². The molecule has 142 valence electrons. The molecule has 1 N–H and O–H groups in total. The molecule has 0 saturated carbocycles. The van der Waals surface area contributed by atoms with E-state index in [9.17, 15) is 9.59 Å². The van der Waals surface area contributed by atoms with Gasteiger partial charge in [0, 0.05) is 39.1 Å². The second-order valence-corrected chi connectivity index (χ2v) is 6.72. The molecular weight excluding hydrogens is 338 g/mol. The molecule has 0 bridgehead atoms. The van der Waals surface area contributed by atoms with Crippen molar-refractivity contribution in [1.29, 1.82) is 0 Å². The second kappa shape index (κ2) is 8.62. The highest BCUT2D eigenvalue weighted by molar-refractivity contribution is 5.85. The number of benzene rings is 1. The van der Waals surface area contributed by atoms with Gasteiger partial charge in [0.05, 0.1) is 25.7 Å². The van der Waals surface area contributed by atoms with Gasteiger partial charge in [0.2, 0.25) is 0 Å². The van der Waals surface area contributed by atoms with Crippen LogP contribution in [-0.4, -0.2) is 66.5 Å². The molecule has 1 amide bonds. The van der Waals surface area contributed by atoms with Crippen molar-refractivity contribution in [3.05, 3.63) is 35.9 Å². The molecule has 26 heavy (non-hydrogen) atoms. The summed E-state index contributed by atoms with van der Waals surface area (Å²) in [4.78, 5) is 25.9. The minimum atomic E-state index is -0.926. The number of hydrogen-bond acceptors (Lipinski definition) is 5. The quantitative estimate of drug-likeness (QED) is 0.824. The van der Waals surface area contributed by atoms with Crippen LogP contribution < -0.4 is 0 Å². The molecule has 0 radical (unpaired) electrons. The van der Waals surface area contributed by atoms with Crippen LogP contribution in [0.2, 0.25) is 0 Å².